The first-order valence-electron chi connectivity index (χ1n) is 11.1. The molecule has 2 aromatic heterocycles. The highest BCUT2D eigenvalue weighted by atomic mass is 16.5. The maximum Gasteiger partial charge on any atom is 0.225 e. The molecule has 0 spiro atoms. The molecule has 5 rings (SSSR count). The van der Waals surface area contributed by atoms with E-state index in [2.05, 4.69) is 33.7 Å². The molecule has 162 valence electrons. The van der Waals surface area contributed by atoms with E-state index in [9.17, 15) is 4.79 Å². The second-order valence-electron chi connectivity index (χ2n) is 8.59. The van der Waals surface area contributed by atoms with Gasteiger partial charge in [-0.1, -0.05) is 66.5 Å². The fourth-order valence-corrected chi connectivity index (χ4v) is 4.87. The molecule has 6 heteroatoms. The van der Waals surface area contributed by atoms with Crippen LogP contribution in [0.1, 0.15) is 48.7 Å². The minimum absolute atomic E-state index is 0.0493. The Labute approximate surface area is 187 Å². The maximum atomic E-state index is 13.4. The van der Waals surface area contributed by atoms with Crippen molar-refractivity contribution in [1.82, 2.24) is 20.4 Å². The number of nitrogens with one attached hydrogen (secondary N) is 1. The third kappa shape index (κ3) is 3.66. The molecule has 0 unspecified atom stereocenters. The van der Waals surface area contributed by atoms with Crippen LogP contribution in [0.25, 0.3) is 22.0 Å². The molecule has 32 heavy (non-hydrogen) atoms. The van der Waals surface area contributed by atoms with Crippen LogP contribution in [0.2, 0.25) is 0 Å². The number of para-hydroxylation sites is 1. The van der Waals surface area contributed by atoms with E-state index in [0.717, 1.165) is 59.0 Å². The van der Waals surface area contributed by atoms with Gasteiger partial charge in [-0.05, 0) is 42.5 Å². The van der Waals surface area contributed by atoms with Crippen molar-refractivity contribution in [3.8, 4) is 11.1 Å². The highest BCUT2D eigenvalue weighted by Crippen LogP contribution is 2.38. The van der Waals surface area contributed by atoms with Gasteiger partial charge in [0.05, 0.1) is 11.9 Å². The van der Waals surface area contributed by atoms with E-state index in [0.29, 0.717) is 11.7 Å². The normalized spacial score (nSPS) is 15.2. The van der Waals surface area contributed by atoms with E-state index in [4.69, 9.17) is 9.51 Å². The summed E-state index contributed by atoms with van der Waals surface area (Å²) in [5.41, 5.74) is 4.35. The Morgan fingerprint density at radius 2 is 1.72 bits per heavy atom. The number of rotatable bonds is 5. The molecule has 0 atom stereocenters. The summed E-state index contributed by atoms with van der Waals surface area (Å²) in [5.74, 6) is 1.05. The lowest BCUT2D eigenvalue weighted by Crippen LogP contribution is -2.45. The Bertz CT molecular complexity index is 1270. The lowest BCUT2D eigenvalue weighted by molar-refractivity contribution is -0.122. The van der Waals surface area contributed by atoms with Crippen molar-refractivity contribution >= 4 is 16.8 Å². The lowest BCUT2D eigenvalue weighted by atomic mass is 9.91. The van der Waals surface area contributed by atoms with Gasteiger partial charge in [0.1, 0.15) is 5.54 Å². The van der Waals surface area contributed by atoms with E-state index >= 15 is 0 Å². The van der Waals surface area contributed by atoms with Gasteiger partial charge in [0.15, 0.2) is 5.82 Å². The Hall–Kier alpha value is -3.54. The van der Waals surface area contributed by atoms with Crippen LogP contribution in [0, 0.1) is 13.8 Å². The lowest BCUT2D eigenvalue weighted by Gasteiger charge is -2.27. The number of aryl methyl sites for hydroxylation is 2. The van der Waals surface area contributed by atoms with Crippen molar-refractivity contribution in [3.05, 3.63) is 77.6 Å². The Morgan fingerprint density at radius 1 is 1.00 bits per heavy atom. The first kappa shape index (κ1) is 20.4. The second-order valence-corrected chi connectivity index (χ2v) is 8.59. The number of fused-ring (bicyclic) bond motifs is 1. The third-order valence-electron chi connectivity index (χ3n) is 6.39. The molecule has 2 heterocycles. The number of aromatic nitrogens is 3. The first-order valence-corrected chi connectivity index (χ1v) is 11.1. The summed E-state index contributed by atoms with van der Waals surface area (Å²) < 4.78 is 5.22. The van der Waals surface area contributed by atoms with Crippen LogP contribution < -0.4 is 5.32 Å². The summed E-state index contributed by atoms with van der Waals surface area (Å²) in [6.45, 7) is 3.76. The van der Waals surface area contributed by atoms with Gasteiger partial charge in [-0.2, -0.15) is 4.98 Å². The van der Waals surface area contributed by atoms with Crippen molar-refractivity contribution in [2.24, 2.45) is 0 Å². The number of carbonyl (C=O) groups is 1. The Kier molecular flexibility index (Phi) is 5.21. The quantitative estimate of drug-likeness (QED) is 0.484. The Balaban J connectivity index is 1.54. The predicted octanol–water partition coefficient (Wildman–Crippen LogP) is 5.03. The van der Waals surface area contributed by atoms with E-state index < -0.39 is 5.54 Å². The first-order chi connectivity index (χ1) is 15.6. The molecule has 1 saturated carbocycles. The largest absolute Gasteiger partial charge is 0.343 e. The molecule has 2 aromatic carbocycles. The van der Waals surface area contributed by atoms with Gasteiger partial charge in [0.25, 0.3) is 0 Å². The zero-order valence-electron chi connectivity index (χ0n) is 18.4. The molecule has 0 saturated heterocycles. The molecule has 4 aromatic rings. The highest BCUT2D eigenvalue weighted by Gasteiger charge is 2.41. The van der Waals surface area contributed by atoms with E-state index in [1.54, 1.807) is 6.92 Å². The van der Waals surface area contributed by atoms with Gasteiger partial charge in [-0.25, -0.2) is 0 Å². The van der Waals surface area contributed by atoms with Crippen LogP contribution >= 0.6 is 0 Å². The van der Waals surface area contributed by atoms with Crippen molar-refractivity contribution < 1.29 is 9.32 Å². The molecular formula is C26H26N4O2. The van der Waals surface area contributed by atoms with E-state index in [-0.39, 0.29) is 12.3 Å². The minimum Gasteiger partial charge on any atom is -0.343 e. The van der Waals surface area contributed by atoms with Gasteiger partial charge < -0.3 is 9.84 Å². The number of hydrogen-bond acceptors (Lipinski definition) is 5. The number of benzene rings is 2. The van der Waals surface area contributed by atoms with Crippen LogP contribution in [0.15, 0.2) is 59.1 Å². The predicted molar refractivity (Wildman–Crippen MR) is 123 cm³/mol. The van der Waals surface area contributed by atoms with Crippen molar-refractivity contribution in [1.29, 1.82) is 0 Å². The molecule has 1 N–H and O–H groups in total. The number of pyridine rings is 1. The summed E-state index contributed by atoms with van der Waals surface area (Å²) in [7, 11) is 0. The maximum absolute atomic E-state index is 13.4. The van der Waals surface area contributed by atoms with Crippen molar-refractivity contribution in [3.63, 3.8) is 0 Å². The smallest absolute Gasteiger partial charge is 0.225 e. The monoisotopic (exact) mass is 426 g/mol. The average Bonchev–Trinajstić information content (AvgIpc) is 3.45. The van der Waals surface area contributed by atoms with Gasteiger partial charge in [-0.15, -0.1) is 0 Å². The summed E-state index contributed by atoms with van der Waals surface area (Å²) in [5, 5.41) is 8.47. The number of hydrogen-bond donors (Lipinski definition) is 1. The molecule has 1 fully saturated rings. The van der Waals surface area contributed by atoms with Gasteiger partial charge in [0, 0.05) is 18.0 Å². The zero-order valence-corrected chi connectivity index (χ0v) is 18.4. The van der Waals surface area contributed by atoms with Crippen LogP contribution in [0.3, 0.4) is 0 Å². The van der Waals surface area contributed by atoms with Crippen LogP contribution in [0.5, 0.6) is 0 Å². The minimum atomic E-state index is -0.556. The molecule has 0 bridgehead atoms. The molecule has 1 amide bonds. The summed E-state index contributed by atoms with van der Waals surface area (Å²) in [6.07, 6.45) is 3.93. The van der Waals surface area contributed by atoms with Crippen molar-refractivity contribution in [2.75, 3.05) is 0 Å². The number of amides is 1. The van der Waals surface area contributed by atoms with Crippen LogP contribution in [0.4, 0.5) is 0 Å². The van der Waals surface area contributed by atoms with Gasteiger partial charge in [0.2, 0.25) is 11.8 Å². The van der Waals surface area contributed by atoms with E-state index in [1.165, 1.54) is 0 Å². The summed E-state index contributed by atoms with van der Waals surface area (Å²) in [6, 6.07) is 18.3. The highest BCUT2D eigenvalue weighted by molar-refractivity contribution is 5.98. The molecule has 1 aliphatic rings. The number of carbonyl (C=O) groups excluding carboxylic acids is 1. The van der Waals surface area contributed by atoms with Gasteiger partial charge >= 0.3 is 0 Å². The second kappa shape index (κ2) is 8.19. The summed E-state index contributed by atoms with van der Waals surface area (Å²) >= 11 is 0. The van der Waals surface area contributed by atoms with E-state index in [1.807, 2.05) is 43.3 Å². The van der Waals surface area contributed by atoms with Crippen LogP contribution in [-0.4, -0.2) is 21.0 Å². The van der Waals surface area contributed by atoms with Crippen molar-refractivity contribution in [2.45, 2.75) is 51.5 Å². The topological polar surface area (TPSA) is 80.9 Å². The average molecular weight is 427 g/mol. The zero-order chi connectivity index (χ0) is 22.1. The summed E-state index contributed by atoms with van der Waals surface area (Å²) in [4.78, 5) is 22.7. The fraction of sp³-hybridized carbons (Fsp3) is 0.308. The standard InChI is InChI=1S/C26H26N4O2/c1-17-21(16-23(31)29-26(14-8-9-15-26)25-28-18(2)32-30-25)24(19-10-4-3-5-11-19)20-12-6-7-13-22(20)27-17/h3-7,10-13H,8-9,14-16H2,1-2H3,(H,29,31). The Morgan fingerprint density at radius 3 is 2.44 bits per heavy atom. The number of nitrogens with zero attached hydrogens (tertiary/aromatic N) is 3. The molecule has 0 radical (unpaired) electrons. The molecule has 1 aliphatic carbocycles. The molecule has 0 aliphatic heterocycles. The third-order valence-corrected chi connectivity index (χ3v) is 6.39. The van der Waals surface area contributed by atoms with Crippen LogP contribution in [-0.2, 0) is 16.8 Å². The molecular weight excluding hydrogens is 400 g/mol. The SMILES string of the molecule is Cc1nc(C2(NC(=O)Cc3c(C)nc4ccccc4c3-c3ccccc3)CCCC2)no1. The molecule has 6 nitrogen and oxygen atoms in total. The fourth-order valence-electron chi connectivity index (χ4n) is 4.87. The van der Waals surface area contributed by atoms with Gasteiger partial charge in [-0.3, -0.25) is 9.78 Å².